The van der Waals surface area contributed by atoms with Crippen LogP contribution in [-0.2, 0) is 6.54 Å². The summed E-state index contributed by atoms with van der Waals surface area (Å²) in [6, 6.07) is 10.8. The molecule has 2 rings (SSSR count). The first kappa shape index (κ1) is 11.9. The third kappa shape index (κ3) is 3.75. The van der Waals surface area contributed by atoms with Crippen LogP contribution in [0.25, 0.3) is 0 Å². The van der Waals surface area contributed by atoms with Gasteiger partial charge in [0.2, 0.25) is 0 Å². The van der Waals surface area contributed by atoms with Crippen LogP contribution in [0.2, 0.25) is 0 Å². The highest BCUT2D eigenvalue weighted by Gasteiger charge is 2.25. The van der Waals surface area contributed by atoms with Gasteiger partial charge < -0.3 is 15.7 Å². The Morgan fingerprint density at radius 3 is 2.65 bits per heavy atom. The average Bonchev–Trinajstić information content (AvgIpc) is 2.75. The molecular formula is C13H18N2O2. The molecule has 2 atom stereocenters. The minimum Gasteiger partial charge on any atom is -0.465 e. The molecule has 4 heteroatoms. The SMILES string of the molecule is O=C(O)N[C@@H]1CC[C@H](NCc2ccccc2)C1. The van der Waals surface area contributed by atoms with Crippen molar-refractivity contribution in [2.24, 2.45) is 0 Å². The van der Waals surface area contributed by atoms with Gasteiger partial charge in [-0.15, -0.1) is 0 Å². The predicted molar refractivity (Wildman–Crippen MR) is 65.9 cm³/mol. The third-order valence-electron chi connectivity index (χ3n) is 3.20. The van der Waals surface area contributed by atoms with E-state index in [9.17, 15) is 4.79 Å². The molecule has 1 fully saturated rings. The van der Waals surface area contributed by atoms with E-state index in [-0.39, 0.29) is 6.04 Å². The summed E-state index contributed by atoms with van der Waals surface area (Å²) in [7, 11) is 0. The Morgan fingerprint density at radius 1 is 1.24 bits per heavy atom. The highest BCUT2D eigenvalue weighted by Crippen LogP contribution is 2.19. The second-order valence-electron chi connectivity index (χ2n) is 4.52. The number of carbonyl (C=O) groups is 1. The third-order valence-corrected chi connectivity index (χ3v) is 3.20. The minimum absolute atomic E-state index is 0.112. The van der Waals surface area contributed by atoms with Gasteiger partial charge in [0.05, 0.1) is 0 Å². The predicted octanol–water partition coefficient (Wildman–Crippen LogP) is 1.96. The van der Waals surface area contributed by atoms with Gasteiger partial charge in [0, 0.05) is 18.6 Å². The van der Waals surface area contributed by atoms with Crippen LogP contribution in [0.15, 0.2) is 30.3 Å². The van der Waals surface area contributed by atoms with Crippen LogP contribution in [0.1, 0.15) is 24.8 Å². The van der Waals surface area contributed by atoms with E-state index in [1.165, 1.54) is 5.56 Å². The second kappa shape index (κ2) is 5.68. The first-order valence-electron chi connectivity index (χ1n) is 6.01. The molecule has 1 aliphatic rings. The zero-order chi connectivity index (χ0) is 12.1. The maximum Gasteiger partial charge on any atom is 0.404 e. The minimum atomic E-state index is -0.918. The Balaban J connectivity index is 1.73. The van der Waals surface area contributed by atoms with Gasteiger partial charge in [-0.1, -0.05) is 30.3 Å². The fraction of sp³-hybridized carbons (Fsp3) is 0.462. The van der Waals surface area contributed by atoms with Gasteiger partial charge in [-0.25, -0.2) is 4.79 Å². The number of carboxylic acid groups (broad SMARTS) is 1. The van der Waals surface area contributed by atoms with Crippen molar-refractivity contribution in [3.63, 3.8) is 0 Å². The monoisotopic (exact) mass is 234 g/mol. The largest absolute Gasteiger partial charge is 0.465 e. The number of hydrogen-bond acceptors (Lipinski definition) is 2. The van der Waals surface area contributed by atoms with E-state index in [1.54, 1.807) is 0 Å². The van der Waals surface area contributed by atoms with Crippen LogP contribution in [0.5, 0.6) is 0 Å². The lowest BCUT2D eigenvalue weighted by Gasteiger charge is -2.13. The lowest BCUT2D eigenvalue weighted by Crippen LogP contribution is -2.34. The quantitative estimate of drug-likeness (QED) is 0.746. The first-order valence-corrected chi connectivity index (χ1v) is 6.01. The van der Waals surface area contributed by atoms with Crippen LogP contribution in [0.4, 0.5) is 4.79 Å². The molecule has 1 aromatic rings. The molecule has 0 aromatic heterocycles. The van der Waals surface area contributed by atoms with Crippen molar-refractivity contribution in [1.82, 2.24) is 10.6 Å². The molecule has 1 aromatic carbocycles. The van der Waals surface area contributed by atoms with Gasteiger partial charge in [0.1, 0.15) is 0 Å². The van der Waals surface area contributed by atoms with Gasteiger partial charge >= 0.3 is 6.09 Å². The zero-order valence-electron chi connectivity index (χ0n) is 9.73. The highest BCUT2D eigenvalue weighted by molar-refractivity contribution is 5.64. The summed E-state index contributed by atoms with van der Waals surface area (Å²) in [6.45, 7) is 0.852. The zero-order valence-corrected chi connectivity index (χ0v) is 9.73. The first-order chi connectivity index (χ1) is 8.24. The van der Waals surface area contributed by atoms with Crippen LogP contribution in [0, 0.1) is 0 Å². The van der Waals surface area contributed by atoms with E-state index >= 15 is 0 Å². The molecule has 17 heavy (non-hydrogen) atoms. The van der Waals surface area contributed by atoms with Gasteiger partial charge in [-0.05, 0) is 24.8 Å². The van der Waals surface area contributed by atoms with Crippen LogP contribution >= 0.6 is 0 Å². The molecule has 0 bridgehead atoms. The van der Waals surface area contributed by atoms with Gasteiger partial charge in [0.15, 0.2) is 0 Å². The van der Waals surface area contributed by atoms with Crippen molar-refractivity contribution >= 4 is 6.09 Å². The van der Waals surface area contributed by atoms with E-state index in [0.717, 1.165) is 25.8 Å². The molecule has 1 saturated carbocycles. The second-order valence-corrected chi connectivity index (χ2v) is 4.52. The van der Waals surface area contributed by atoms with Crippen LogP contribution < -0.4 is 10.6 Å². The Bertz CT molecular complexity index is 367. The van der Waals surface area contributed by atoms with Gasteiger partial charge in [-0.3, -0.25) is 0 Å². The fourth-order valence-electron chi connectivity index (χ4n) is 2.33. The Hall–Kier alpha value is -1.55. The van der Waals surface area contributed by atoms with E-state index < -0.39 is 6.09 Å². The molecule has 0 heterocycles. The van der Waals surface area contributed by atoms with Crippen molar-refractivity contribution < 1.29 is 9.90 Å². The number of rotatable bonds is 4. The van der Waals surface area contributed by atoms with Crippen molar-refractivity contribution in [2.75, 3.05) is 0 Å². The molecule has 0 saturated heterocycles. The Morgan fingerprint density at radius 2 is 1.94 bits per heavy atom. The molecule has 4 nitrogen and oxygen atoms in total. The molecule has 3 N–H and O–H groups in total. The van der Waals surface area contributed by atoms with Gasteiger partial charge in [0.25, 0.3) is 0 Å². The van der Waals surface area contributed by atoms with Crippen molar-refractivity contribution in [2.45, 2.75) is 37.9 Å². The summed E-state index contributed by atoms with van der Waals surface area (Å²) in [5, 5.41) is 14.7. The van der Waals surface area contributed by atoms with Crippen LogP contribution in [-0.4, -0.2) is 23.3 Å². The summed E-state index contributed by atoms with van der Waals surface area (Å²) in [6.07, 6.45) is 1.94. The number of benzene rings is 1. The maximum absolute atomic E-state index is 10.5. The molecule has 0 radical (unpaired) electrons. The van der Waals surface area contributed by atoms with Crippen molar-refractivity contribution in [1.29, 1.82) is 0 Å². The Kier molecular flexibility index (Phi) is 3.98. The summed E-state index contributed by atoms with van der Waals surface area (Å²) < 4.78 is 0. The molecule has 1 aliphatic carbocycles. The smallest absolute Gasteiger partial charge is 0.404 e. The normalized spacial score (nSPS) is 23.5. The Labute approximate surface area is 101 Å². The average molecular weight is 234 g/mol. The lowest BCUT2D eigenvalue weighted by molar-refractivity contribution is 0.190. The summed E-state index contributed by atoms with van der Waals surface area (Å²) in [4.78, 5) is 10.5. The van der Waals surface area contributed by atoms with E-state index in [4.69, 9.17) is 5.11 Å². The highest BCUT2D eigenvalue weighted by atomic mass is 16.4. The number of hydrogen-bond donors (Lipinski definition) is 3. The van der Waals surface area contributed by atoms with E-state index in [0.29, 0.717) is 6.04 Å². The molecule has 0 spiro atoms. The molecule has 0 unspecified atom stereocenters. The van der Waals surface area contributed by atoms with Crippen molar-refractivity contribution in [3.05, 3.63) is 35.9 Å². The molecule has 1 amide bonds. The van der Waals surface area contributed by atoms with Crippen molar-refractivity contribution in [3.8, 4) is 0 Å². The van der Waals surface area contributed by atoms with Gasteiger partial charge in [-0.2, -0.15) is 0 Å². The number of amides is 1. The standard InChI is InChI=1S/C13H18N2O2/c16-13(17)15-12-7-6-11(8-12)14-9-10-4-2-1-3-5-10/h1-5,11-12,14-15H,6-9H2,(H,16,17)/t11-,12+/m0/s1. The van der Waals surface area contributed by atoms with E-state index in [2.05, 4.69) is 22.8 Å². The maximum atomic E-state index is 10.5. The summed E-state index contributed by atoms with van der Waals surface area (Å²) in [5.41, 5.74) is 1.27. The number of nitrogens with one attached hydrogen (secondary N) is 2. The van der Waals surface area contributed by atoms with Crippen LogP contribution in [0.3, 0.4) is 0 Å². The lowest BCUT2D eigenvalue weighted by atomic mass is 10.2. The molecular weight excluding hydrogens is 216 g/mol. The molecule has 0 aliphatic heterocycles. The topological polar surface area (TPSA) is 61.4 Å². The summed E-state index contributed by atoms with van der Waals surface area (Å²) in [5.74, 6) is 0. The fourth-order valence-corrected chi connectivity index (χ4v) is 2.33. The van der Waals surface area contributed by atoms with E-state index in [1.807, 2.05) is 18.2 Å². The molecule has 92 valence electrons. The summed E-state index contributed by atoms with van der Waals surface area (Å²) >= 11 is 0.